The van der Waals surface area contributed by atoms with Crippen LogP contribution in [-0.2, 0) is 0 Å². The molecule has 1 unspecified atom stereocenters. The Labute approximate surface area is 130 Å². The summed E-state index contributed by atoms with van der Waals surface area (Å²) in [7, 11) is 0. The molecule has 0 aromatic heterocycles. The first-order chi connectivity index (χ1) is 10.0. The second-order valence-corrected chi connectivity index (χ2v) is 7.06. The molecule has 2 rings (SSSR count). The Hall–Kier alpha value is -0.860. The van der Waals surface area contributed by atoms with Gasteiger partial charge in [-0.25, -0.2) is 0 Å². The molecule has 0 aliphatic heterocycles. The van der Waals surface area contributed by atoms with E-state index in [1.807, 2.05) is 0 Å². The molecule has 0 saturated heterocycles. The van der Waals surface area contributed by atoms with Crippen LogP contribution in [0.2, 0.25) is 0 Å². The lowest BCUT2D eigenvalue weighted by molar-refractivity contribution is 0.0231. The third-order valence-corrected chi connectivity index (χ3v) is 4.87. The van der Waals surface area contributed by atoms with E-state index in [0.717, 1.165) is 25.7 Å². The molecule has 0 bridgehead atoms. The van der Waals surface area contributed by atoms with Gasteiger partial charge in [0.1, 0.15) is 0 Å². The first-order valence-corrected chi connectivity index (χ1v) is 8.56. The highest BCUT2D eigenvalue weighted by molar-refractivity contribution is 5.26. The highest BCUT2D eigenvalue weighted by Gasteiger charge is 2.28. The SMILES string of the molecule is CC(C)c1ccc(C(C)NCC2(O)CCCCCC2)cc1. The van der Waals surface area contributed by atoms with E-state index in [1.54, 1.807) is 0 Å². The molecule has 21 heavy (non-hydrogen) atoms. The van der Waals surface area contributed by atoms with Crippen LogP contribution in [0.25, 0.3) is 0 Å². The highest BCUT2D eigenvalue weighted by atomic mass is 16.3. The van der Waals surface area contributed by atoms with Crippen LogP contribution < -0.4 is 5.32 Å². The van der Waals surface area contributed by atoms with Gasteiger partial charge in [-0.3, -0.25) is 0 Å². The van der Waals surface area contributed by atoms with Gasteiger partial charge in [-0.1, -0.05) is 63.8 Å². The number of aliphatic hydroxyl groups is 1. The summed E-state index contributed by atoms with van der Waals surface area (Å²) in [5.41, 5.74) is 2.19. The zero-order valence-electron chi connectivity index (χ0n) is 13.9. The molecular weight excluding hydrogens is 258 g/mol. The van der Waals surface area contributed by atoms with Crippen molar-refractivity contribution in [1.29, 1.82) is 0 Å². The summed E-state index contributed by atoms with van der Waals surface area (Å²) in [5.74, 6) is 0.578. The molecule has 0 heterocycles. The summed E-state index contributed by atoms with van der Waals surface area (Å²) in [6.07, 6.45) is 6.76. The second-order valence-electron chi connectivity index (χ2n) is 7.06. The van der Waals surface area contributed by atoms with E-state index in [-0.39, 0.29) is 0 Å². The fraction of sp³-hybridized carbons (Fsp3) is 0.684. The third kappa shape index (κ3) is 4.82. The van der Waals surface area contributed by atoms with Crippen molar-refractivity contribution < 1.29 is 5.11 Å². The summed E-state index contributed by atoms with van der Waals surface area (Å²) >= 11 is 0. The molecule has 1 aliphatic carbocycles. The van der Waals surface area contributed by atoms with E-state index >= 15 is 0 Å². The lowest BCUT2D eigenvalue weighted by Crippen LogP contribution is -2.41. The van der Waals surface area contributed by atoms with Crippen molar-refractivity contribution in [1.82, 2.24) is 5.32 Å². The van der Waals surface area contributed by atoms with Gasteiger partial charge >= 0.3 is 0 Å². The fourth-order valence-corrected chi connectivity index (χ4v) is 3.19. The average molecular weight is 289 g/mol. The van der Waals surface area contributed by atoms with Crippen molar-refractivity contribution >= 4 is 0 Å². The molecule has 1 saturated carbocycles. The van der Waals surface area contributed by atoms with Crippen LogP contribution in [0.15, 0.2) is 24.3 Å². The molecule has 1 atom stereocenters. The van der Waals surface area contributed by atoms with E-state index < -0.39 is 5.60 Å². The van der Waals surface area contributed by atoms with Gasteiger partial charge in [0.25, 0.3) is 0 Å². The molecule has 0 amide bonds. The van der Waals surface area contributed by atoms with Crippen LogP contribution in [0.1, 0.15) is 82.4 Å². The Morgan fingerprint density at radius 2 is 1.48 bits per heavy atom. The van der Waals surface area contributed by atoms with Crippen LogP contribution in [0.3, 0.4) is 0 Å². The molecule has 1 aliphatic rings. The maximum absolute atomic E-state index is 10.7. The van der Waals surface area contributed by atoms with Crippen molar-refractivity contribution in [2.75, 3.05) is 6.54 Å². The van der Waals surface area contributed by atoms with Crippen LogP contribution in [0.5, 0.6) is 0 Å². The fourth-order valence-electron chi connectivity index (χ4n) is 3.19. The zero-order valence-corrected chi connectivity index (χ0v) is 13.9. The number of rotatable bonds is 5. The summed E-state index contributed by atoms with van der Waals surface area (Å²) in [6.45, 7) is 7.33. The van der Waals surface area contributed by atoms with Gasteiger partial charge in [-0.05, 0) is 36.8 Å². The van der Waals surface area contributed by atoms with E-state index in [9.17, 15) is 5.11 Å². The summed E-state index contributed by atoms with van der Waals surface area (Å²) < 4.78 is 0. The first-order valence-electron chi connectivity index (χ1n) is 8.56. The number of nitrogens with one attached hydrogen (secondary N) is 1. The van der Waals surface area contributed by atoms with Crippen LogP contribution >= 0.6 is 0 Å². The van der Waals surface area contributed by atoms with Gasteiger partial charge < -0.3 is 10.4 Å². The Bertz CT molecular complexity index is 416. The second kappa shape index (κ2) is 7.42. The molecule has 1 aromatic carbocycles. The molecule has 0 spiro atoms. The van der Waals surface area contributed by atoms with Crippen LogP contribution in [-0.4, -0.2) is 17.3 Å². The first kappa shape index (κ1) is 16.5. The number of hydrogen-bond donors (Lipinski definition) is 2. The molecule has 2 nitrogen and oxygen atoms in total. The highest BCUT2D eigenvalue weighted by Crippen LogP contribution is 2.27. The normalized spacial score (nSPS) is 20.2. The monoisotopic (exact) mass is 289 g/mol. The molecule has 2 heteroatoms. The van der Waals surface area contributed by atoms with Crippen molar-refractivity contribution in [3.8, 4) is 0 Å². The number of benzene rings is 1. The largest absolute Gasteiger partial charge is 0.389 e. The van der Waals surface area contributed by atoms with E-state index in [4.69, 9.17) is 0 Å². The minimum absolute atomic E-state index is 0.290. The van der Waals surface area contributed by atoms with Gasteiger partial charge in [0, 0.05) is 12.6 Å². The standard InChI is InChI=1S/C19H31NO/c1-15(2)17-8-10-18(11-9-17)16(3)20-14-19(21)12-6-4-5-7-13-19/h8-11,15-16,20-21H,4-7,12-14H2,1-3H3. The van der Waals surface area contributed by atoms with Crippen molar-refractivity contribution in [2.24, 2.45) is 0 Å². The smallest absolute Gasteiger partial charge is 0.0771 e. The maximum Gasteiger partial charge on any atom is 0.0771 e. The van der Waals surface area contributed by atoms with Crippen molar-refractivity contribution in [3.63, 3.8) is 0 Å². The summed E-state index contributed by atoms with van der Waals surface area (Å²) in [6, 6.07) is 9.16. The lowest BCUT2D eigenvalue weighted by Gasteiger charge is -2.29. The van der Waals surface area contributed by atoms with E-state index in [2.05, 4.69) is 50.4 Å². The average Bonchev–Trinajstić information content (AvgIpc) is 2.70. The van der Waals surface area contributed by atoms with Crippen molar-refractivity contribution in [2.45, 2.75) is 76.9 Å². The van der Waals surface area contributed by atoms with Gasteiger partial charge in [-0.15, -0.1) is 0 Å². The molecule has 0 radical (unpaired) electrons. The predicted octanol–water partition coefficient (Wildman–Crippen LogP) is 4.55. The maximum atomic E-state index is 10.7. The van der Waals surface area contributed by atoms with Gasteiger partial charge in [0.15, 0.2) is 0 Å². The quantitative estimate of drug-likeness (QED) is 0.780. The van der Waals surface area contributed by atoms with E-state index in [0.29, 0.717) is 18.5 Å². The predicted molar refractivity (Wildman–Crippen MR) is 89.6 cm³/mol. The minimum atomic E-state index is -0.497. The van der Waals surface area contributed by atoms with Crippen LogP contribution in [0, 0.1) is 0 Å². The molecular formula is C19H31NO. The number of hydrogen-bond acceptors (Lipinski definition) is 2. The van der Waals surface area contributed by atoms with Crippen LogP contribution in [0.4, 0.5) is 0 Å². The van der Waals surface area contributed by atoms with Gasteiger partial charge in [0.2, 0.25) is 0 Å². The minimum Gasteiger partial charge on any atom is -0.389 e. The summed E-state index contributed by atoms with van der Waals surface area (Å²) in [5, 5.41) is 14.2. The Morgan fingerprint density at radius 3 is 2.00 bits per heavy atom. The molecule has 1 aromatic rings. The zero-order chi connectivity index (χ0) is 15.3. The molecule has 118 valence electrons. The lowest BCUT2D eigenvalue weighted by atomic mass is 9.93. The van der Waals surface area contributed by atoms with Gasteiger partial charge in [-0.2, -0.15) is 0 Å². The Kier molecular flexibility index (Phi) is 5.83. The van der Waals surface area contributed by atoms with E-state index in [1.165, 1.54) is 24.0 Å². The Morgan fingerprint density at radius 1 is 0.952 bits per heavy atom. The molecule has 1 fully saturated rings. The van der Waals surface area contributed by atoms with Crippen molar-refractivity contribution in [3.05, 3.63) is 35.4 Å². The topological polar surface area (TPSA) is 32.3 Å². The Balaban J connectivity index is 1.89. The third-order valence-electron chi connectivity index (χ3n) is 4.87. The van der Waals surface area contributed by atoms with Gasteiger partial charge in [0.05, 0.1) is 5.60 Å². The molecule has 2 N–H and O–H groups in total. The summed E-state index contributed by atoms with van der Waals surface area (Å²) in [4.78, 5) is 0.